The fourth-order valence-corrected chi connectivity index (χ4v) is 1.77. The van der Waals surface area contributed by atoms with E-state index in [9.17, 15) is 13.5 Å². The number of sulfone groups is 1. The van der Waals surface area contributed by atoms with Crippen LogP contribution in [-0.2, 0) is 14.6 Å². The molecule has 5 heteroatoms. The molecule has 0 aliphatic rings. The molecule has 0 aromatic rings. The predicted octanol–water partition coefficient (Wildman–Crippen LogP) is 0.209. The van der Waals surface area contributed by atoms with Gasteiger partial charge >= 0.3 is 0 Å². The van der Waals surface area contributed by atoms with Crippen LogP contribution in [0.15, 0.2) is 0 Å². The maximum atomic E-state index is 10.8. The average Bonchev–Trinajstić information content (AvgIpc) is 1.82. The molecule has 1 unspecified atom stereocenters. The zero-order valence-electron chi connectivity index (χ0n) is 8.41. The van der Waals surface area contributed by atoms with Crippen molar-refractivity contribution in [1.82, 2.24) is 0 Å². The van der Waals surface area contributed by atoms with E-state index in [0.29, 0.717) is 12.8 Å². The Hall–Kier alpha value is -0.130. The highest BCUT2D eigenvalue weighted by molar-refractivity contribution is 7.90. The Balaban J connectivity index is 3.76. The van der Waals surface area contributed by atoms with Crippen molar-refractivity contribution in [3.05, 3.63) is 0 Å². The second kappa shape index (κ2) is 4.93. The van der Waals surface area contributed by atoms with E-state index in [1.54, 1.807) is 6.92 Å². The molecule has 0 aromatic carbocycles. The largest absolute Gasteiger partial charge is 0.388 e. The van der Waals surface area contributed by atoms with Gasteiger partial charge in [-0.3, -0.25) is 0 Å². The third-order valence-electron chi connectivity index (χ3n) is 1.69. The maximum Gasteiger partial charge on any atom is 0.147 e. The van der Waals surface area contributed by atoms with Gasteiger partial charge in [0.05, 0.1) is 12.2 Å². The SMILES string of the molecule is COCC(C)(O)CCCS(C)(=O)=O. The van der Waals surface area contributed by atoms with E-state index in [1.807, 2.05) is 0 Å². The lowest BCUT2D eigenvalue weighted by molar-refractivity contribution is -0.0228. The van der Waals surface area contributed by atoms with E-state index in [2.05, 4.69) is 0 Å². The van der Waals surface area contributed by atoms with Gasteiger partial charge in [-0.1, -0.05) is 0 Å². The van der Waals surface area contributed by atoms with Gasteiger partial charge in [0.1, 0.15) is 9.84 Å². The molecule has 0 aliphatic heterocycles. The van der Waals surface area contributed by atoms with Crippen LogP contribution in [0.3, 0.4) is 0 Å². The number of hydrogen-bond acceptors (Lipinski definition) is 4. The van der Waals surface area contributed by atoms with Crippen LogP contribution in [0.1, 0.15) is 19.8 Å². The first kappa shape index (κ1) is 12.9. The van der Waals surface area contributed by atoms with Gasteiger partial charge in [0.25, 0.3) is 0 Å². The minimum Gasteiger partial charge on any atom is -0.388 e. The summed E-state index contributed by atoms with van der Waals surface area (Å²) in [5.41, 5.74) is -0.917. The van der Waals surface area contributed by atoms with Gasteiger partial charge in [0.15, 0.2) is 0 Å². The van der Waals surface area contributed by atoms with Crippen LogP contribution >= 0.6 is 0 Å². The van der Waals surface area contributed by atoms with Gasteiger partial charge in [-0.05, 0) is 19.8 Å². The second-order valence-electron chi connectivity index (χ2n) is 3.66. The van der Waals surface area contributed by atoms with E-state index in [-0.39, 0.29) is 12.4 Å². The summed E-state index contributed by atoms with van der Waals surface area (Å²) in [5.74, 6) is 0.118. The number of rotatable bonds is 6. The molecule has 13 heavy (non-hydrogen) atoms. The summed E-state index contributed by atoms with van der Waals surface area (Å²) in [6.07, 6.45) is 2.10. The van der Waals surface area contributed by atoms with Gasteiger partial charge < -0.3 is 9.84 Å². The molecule has 4 nitrogen and oxygen atoms in total. The fraction of sp³-hybridized carbons (Fsp3) is 1.00. The standard InChI is InChI=1S/C8H18O4S/c1-8(9,7-12-2)5-4-6-13(3,10)11/h9H,4-7H2,1-3H3. The summed E-state index contributed by atoms with van der Waals surface area (Å²) in [6, 6.07) is 0. The molecule has 0 saturated carbocycles. The lowest BCUT2D eigenvalue weighted by Gasteiger charge is -2.21. The fourth-order valence-electron chi connectivity index (χ4n) is 1.10. The number of aliphatic hydroxyl groups is 1. The van der Waals surface area contributed by atoms with Crippen LogP contribution in [0, 0.1) is 0 Å². The molecular weight excluding hydrogens is 192 g/mol. The zero-order chi connectivity index (χ0) is 10.5. The second-order valence-corrected chi connectivity index (χ2v) is 5.92. The lowest BCUT2D eigenvalue weighted by atomic mass is 10.0. The van der Waals surface area contributed by atoms with Crippen molar-refractivity contribution in [2.45, 2.75) is 25.4 Å². The zero-order valence-corrected chi connectivity index (χ0v) is 9.23. The molecular formula is C8H18O4S. The van der Waals surface area contributed by atoms with Crippen molar-refractivity contribution in [2.75, 3.05) is 25.7 Å². The van der Waals surface area contributed by atoms with Crippen molar-refractivity contribution in [2.24, 2.45) is 0 Å². The first-order valence-electron chi connectivity index (χ1n) is 4.16. The van der Waals surface area contributed by atoms with Crippen molar-refractivity contribution in [3.63, 3.8) is 0 Å². The first-order chi connectivity index (χ1) is 5.77. The molecule has 0 bridgehead atoms. The van der Waals surface area contributed by atoms with Crippen LogP contribution in [0.2, 0.25) is 0 Å². The van der Waals surface area contributed by atoms with E-state index in [1.165, 1.54) is 13.4 Å². The summed E-state index contributed by atoms with van der Waals surface area (Å²) < 4.78 is 26.3. The van der Waals surface area contributed by atoms with E-state index in [0.717, 1.165) is 0 Å². The molecule has 0 rings (SSSR count). The molecule has 0 aliphatic carbocycles. The van der Waals surface area contributed by atoms with E-state index >= 15 is 0 Å². The highest BCUT2D eigenvalue weighted by Gasteiger charge is 2.20. The minimum atomic E-state index is -2.91. The molecule has 1 N–H and O–H groups in total. The number of methoxy groups -OCH3 is 1. The highest BCUT2D eigenvalue weighted by atomic mass is 32.2. The van der Waals surface area contributed by atoms with Crippen LogP contribution in [0.5, 0.6) is 0 Å². The van der Waals surface area contributed by atoms with Gasteiger partial charge in [-0.15, -0.1) is 0 Å². The summed E-state index contributed by atoms with van der Waals surface area (Å²) in [7, 11) is -1.41. The average molecular weight is 210 g/mol. The molecule has 1 atom stereocenters. The molecule has 0 radical (unpaired) electrons. The van der Waals surface area contributed by atoms with Crippen molar-refractivity contribution >= 4 is 9.84 Å². The summed E-state index contributed by atoms with van der Waals surface area (Å²) in [6.45, 7) is 1.87. The molecule has 0 fully saturated rings. The Bertz CT molecular complexity index is 231. The molecule has 0 aromatic heterocycles. The highest BCUT2D eigenvalue weighted by Crippen LogP contribution is 2.12. The Morgan fingerprint density at radius 2 is 2.00 bits per heavy atom. The van der Waals surface area contributed by atoms with Gasteiger partial charge in [0, 0.05) is 19.1 Å². The van der Waals surface area contributed by atoms with Gasteiger partial charge in [-0.2, -0.15) is 0 Å². The Kier molecular flexibility index (Phi) is 4.88. The van der Waals surface area contributed by atoms with E-state index < -0.39 is 15.4 Å². The van der Waals surface area contributed by atoms with E-state index in [4.69, 9.17) is 4.74 Å². The quantitative estimate of drug-likeness (QED) is 0.680. The van der Waals surface area contributed by atoms with Crippen molar-refractivity contribution < 1.29 is 18.3 Å². The Labute approximate surface area is 79.8 Å². The van der Waals surface area contributed by atoms with Crippen molar-refractivity contribution in [3.8, 4) is 0 Å². The summed E-state index contributed by atoms with van der Waals surface area (Å²) >= 11 is 0. The lowest BCUT2D eigenvalue weighted by Crippen LogP contribution is -2.30. The maximum absolute atomic E-state index is 10.8. The molecule has 0 amide bonds. The van der Waals surface area contributed by atoms with Crippen LogP contribution in [0.25, 0.3) is 0 Å². The first-order valence-corrected chi connectivity index (χ1v) is 6.22. The van der Waals surface area contributed by atoms with Crippen LogP contribution in [0.4, 0.5) is 0 Å². The molecule has 0 heterocycles. The van der Waals surface area contributed by atoms with Gasteiger partial charge in [0.2, 0.25) is 0 Å². The Morgan fingerprint density at radius 1 is 1.46 bits per heavy atom. The topological polar surface area (TPSA) is 63.6 Å². The third kappa shape index (κ3) is 8.21. The summed E-state index contributed by atoms with van der Waals surface area (Å²) in [4.78, 5) is 0. The third-order valence-corrected chi connectivity index (χ3v) is 2.72. The summed E-state index contributed by atoms with van der Waals surface area (Å²) in [5, 5.41) is 9.59. The molecule has 0 saturated heterocycles. The smallest absolute Gasteiger partial charge is 0.147 e. The normalized spacial score (nSPS) is 16.9. The number of hydrogen-bond donors (Lipinski definition) is 1. The van der Waals surface area contributed by atoms with Crippen LogP contribution in [-0.4, -0.2) is 44.9 Å². The number of ether oxygens (including phenoxy) is 1. The Morgan fingerprint density at radius 3 is 2.38 bits per heavy atom. The minimum absolute atomic E-state index is 0.118. The molecule has 80 valence electrons. The monoisotopic (exact) mass is 210 g/mol. The van der Waals surface area contributed by atoms with Gasteiger partial charge in [-0.25, -0.2) is 8.42 Å². The molecule has 0 spiro atoms. The predicted molar refractivity (Wildman–Crippen MR) is 51.4 cm³/mol. The van der Waals surface area contributed by atoms with Crippen molar-refractivity contribution in [1.29, 1.82) is 0 Å². The van der Waals surface area contributed by atoms with Crippen LogP contribution < -0.4 is 0 Å².